The fraction of sp³-hybridized carbons (Fsp3) is 0.750. The van der Waals surface area contributed by atoms with E-state index in [9.17, 15) is 0 Å². The van der Waals surface area contributed by atoms with E-state index in [1.807, 2.05) is 11.6 Å². The van der Waals surface area contributed by atoms with Crippen LogP contribution in [0.1, 0.15) is 32.9 Å². The summed E-state index contributed by atoms with van der Waals surface area (Å²) in [6.07, 6.45) is 1.01. The Labute approximate surface area is 103 Å². The van der Waals surface area contributed by atoms with Gasteiger partial charge in [-0.05, 0) is 27.2 Å². The summed E-state index contributed by atoms with van der Waals surface area (Å²) in [5.74, 6) is 0.938. The highest BCUT2D eigenvalue weighted by Crippen LogP contribution is 2.28. The van der Waals surface area contributed by atoms with Crippen molar-refractivity contribution in [2.24, 2.45) is 0 Å². The van der Waals surface area contributed by atoms with Crippen molar-refractivity contribution >= 4 is 11.5 Å². The minimum absolute atomic E-state index is 0.119. The number of nitrogen functional groups attached to an aromatic ring is 1. The minimum atomic E-state index is 0.119. The largest absolute Gasteiger partial charge is 0.395 e. The number of aromatic nitrogens is 2. The summed E-state index contributed by atoms with van der Waals surface area (Å²) in [5.41, 5.74) is 7.68. The lowest BCUT2D eigenvalue weighted by atomic mass is 10.2. The molecular formula is C12H24N4O. The minimum Gasteiger partial charge on any atom is -0.395 e. The summed E-state index contributed by atoms with van der Waals surface area (Å²) >= 11 is 0. The normalized spacial score (nSPS) is 11.2. The van der Waals surface area contributed by atoms with Gasteiger partial charge in [0.25, 0.3) is 0 Å². The Kier molecular flexibility index (Phi) is 4.81. The molecule has 0 saturated heterocycles. The number of anilines is 2. The number of nitrogens with two attached hydrogens (primary N) is 1. The smallest absolute Gasteiger partial charge is 0.150 e. The van der Waals surface area contributed by atoms with E-state index >= 15 is 0 Å². The van der Waals surface area contributed by atoms with Crippen molar-refractivity contribution in [1.29, 1.82) is 0 Å². The molecule has 1 rings (SSSR count). The number of hydrogen-bond acceptors (Lipinski definition) is 4. The topological polar surface area (TPSA) is 67.3 Å². The maximum atomic E-state index is 9.15. The van der Waals surface area contributed by atoms with Crippen molar-refractivity contribution in [3.63, 3.8) is 0 Å². The second kappa shape index (κ2) is 5.91. The maximum Gasteiger partial charge on any atom is 0.150 e. The Morgan fingerprint density at radius 3 is 2.59 bits per heavy atom. The number of nitrogens with zero attached hydrogens (tertiary/aromatic N) is 3. The lowest BCUT2D eigenvalue weighted by molar-refractivity contribution is 0.298. The fourth-order valence-corrected chi connectivity index (χ4v) is 1.97. The molecule has 0 fully saturated rings. The quantitative estimate of drug-likeness (QED) is 0.788. The van der Waals surface area contributed by atoms with Gasteiger partial charge in [0.2, 0.25) is 0 Å². The predicted molar refractivity (Wildman–Crippen MR) is 71.2 cm³/mol. The molecule has 0 amide bonds. The first-order valence-corrected chi connectivity index (χ1v) is 6.23. The standard InChI is InChI=1S/C12H24N4O/c1-5-6-16-12(11(13)10(4)14-16)15(7-8-17)9(2)3/h9,17H,5-8,13H2,1-4H3. The molecule has 0 bridgehead atoms. The highest BCUT2D eigenvalue weighted by atomic mass is 16.3. The number of rotatable bonds is 6. The van der Waals surface area contributed by atoms with Gasteiger partial charge < -0.3 is 15.7 Å². The van der Waals surface area contributed by atoms with Crippen LogP contribution in [0.15, 0.2) is 0 Å². The summed E-state index contributed by atoms with van der Waals surface area (Å²) in [5, 5.41) is 13.6. The van der Waals surface area contributed by atoms with Gasteiger partial charge in [-0.2, -0.15) is 5.10 Å². The predicted octanol–water partition coefficient (Wildman–Crippen LogP) is 1.39. The Bertz CT molecular complexity index is 360. The molecule has 0 radical (unpaired) electrons. The molecule has 0 atom stereocenters. The van der Waals surface area contributed by atoms with Gasteiger partial charge in [-0.15, -0.1) is 0 Å². The van der Waals surface area contributed by atoms with E-state index in [1.54, 1.807) is 0 Å². The van der Waals surface area contributed by atoms with Gasteiger partial charge in [0.15, 0.2) is 5.82 Å². The summed E-state index contributed by atoms with van der Waals surface area (Å²) in [6.45, 7) is 9.76. The van der Waals surface area contributed by atoms with Gasteiger partial charge in [-0.1, -0.05) is 6.92 Å². The van der Waals surface area contributed by atoms with Crippen LogP contribution in [0, 0.1) is 6.92 Å². The molecule has 1 heterocycles. The fourth-order valence-electron chi connectivity index (χ4n) is 1.97. The van der Waals surface area contributed by atoms with E-state index in [2.05, 4.69) is 30.8 Å². The maximum absolute atomic E-state index is 9.15. The highest BCUT2D eigenvalue weighted by Gasteiger charge is 2.20. The van der Waals surface area contributed by atoms with Crippen molar-refractivity contribution < 1.29 is 5.11 Å². The summed E-state index contributed by atoms with van der Waals surface area (Å²) in [6, 6.07) is 0.288. The molecule has 0 aliphatic carbocycles. The molecule has 0 spiro atoms. The third-order valence-electron chi connectivity index (χ3n) is 2.82. The molecule has 5 heteroatoms. The van der Waals surface area contributed by atoms with Crippen LogP contribution < -0.4 is 10.6 Å². The first-order chi connectivity index (χ1) is 8.02. The number of aryl methyl sites for hydroxylation is 2. The summed E-state index contributed by atoms with van der Waals surface area (Å²) < 4.78 is 1.94. The first-order valence-electron chi connectivity index (χ1n) is 6.23. The van der Waals surface area contributed by atoms with Gasteiger partial charge in [0, 0.05) is 19.1 Å². The Morgan fingerprint density at radius 1 is 1.47 bits per heavy atom. The van der Waals surface area contributed by atoms with Crippen LogP contribution in [0.2, 0.25) is 0 Å². The third-order valence-corrected chi connectivity index (χ3v) is 2.82. The molecule has 1 aromatic rings. The van der Waals surface area contributed by atoms with E-state index in [1.165, 1.54) is 0 Å². The van der Waals surface area contributed by atoms with Crippen LogP contribution in [0.4, 0.5) is 11.5 Å². The molecule has 0 aromatic carbocycles. The zero-order chi connectivity index (χ0) is 13.0. The van der Waals surface area contributed by atoms with Gasteiger partial charge in [-0.25, -0.2) is 4.68 Å². The zero-order valence-electron chi connectivity index (χ0n) is 11.3. The van der Waals surface area contributed by atoms with E-state index in [4.69, 9.17) is 10.8 Å². The number of aliphatic hydroxyl groups is 1. The van der Waals surface area contributed by atoms with E-state index in [0.717, 1.165) is 30.2 Å². The van der Waals surface area contributed by atoms with Crippen LogP contribution in [-0.2, 0) is 6.54 Å². The van der Waals surface area contributed by atoms with Gasteiger partial charge >= 0.3 is 0 Å². The molecule has 5 nitrogen and oxygen atoms in total. The molecule has 98 valence electrons. The summed E-state index contributed by atoms with van der Waals surface area (Å²) in [4.78, 5) is 2.10. The molecule has 1 aromatic heterocycles. The first kappa shape index (κ1) is 13.8. The van der Waals surface area contributed by atoms with Gasteiger partial charge in [0.05, 0.1) is 18.0 Å². The Morgan fingerprint density at radius 2 is 2.12 bits per heavy atom. The highest BCUT2D eigenvalue weighted by molar-refractivity contribution is 5.66. The number of hydrogen-bond donors (Lipinski definition) is 2. The SMILES string of the molecule is CCCn1nc(C)c(N)c1N(CCO)C(C)C. The van der Waals surface area contributed by atoms with Crippen molar-refractivity contribution in [1.82, 2.24) is 9.78 Å². The molecule has 0 saturated carbocycles. The summed E-state index contributed by atoms with van der Waals surface area (Å²) in [7, 11) is 0. The van der Waals surface area contributed by atoms with Crippen LogP contribution in [-0.4, -0.2) is 34.1 Å². The van der Waals surface area contributed by atoms with Crippen molar-refractivity contribution in [2.45, 2.75) is 46.7 Å². The van der Waals surface area contributed by atoms with Crippen molar-refractivity contribution in [3.05, 3.63) is 5.69 Å². The molecule has 3 N–H and O–H groups in total. The van der Waals surface area contributed by atoms with Crippen LogP contribution >= 0.6 is 0 Å². The average molecular weight is 240 g/mol. The molecular weight excluding hydrogens is 216 g/mol. The third kappa shape index (κ3) is 2.91. The second-order valence-corrected chi connectivity index (χ2v) is 4.56. The molecule has 0 aliphatic heterocycles. The lowest BCUT2D eigenvalue weighted by Crippen LogP contribution is -2.35. The van der Waals surface area contributed by atoms with Gasteiger partial charge in [0.1, 0.15) is 0 Å². The zero-order valence-corrected chi connectivity index (χ0v) is 11.3. The Hall–Kier alpha value is -1.23. The lowest BCUT2D eigenvalue weighted by Gasteiger charge is -2.29. The molecule has 17 heavy (non-hydrogen) atoms. The van der Waals surface area contributed by atoms with Crippen LogP contribution in [0.5, 0.6) is 0 Å². The molecule has 0 aliphatic rings. The van der Waals surface area contributed by atoms with Crippen molar-refractivity contribution in [2.75, 3.05) is 23.8 Å². The average Bonchev–Trinajstić information content (AvgIpc) is 2.52. The van der Waals surface area contributed by atoms with Crippen LogP contribution in [0.25, 0.3) is 0 Å². The second-order valence-electron chi connectivity index (χ2n) is 4.56. The number of aliphatic hydroxyl groups excluding tert-OH is 1. The van der Waals surface area contributed by atoms with Gasteiger partial charge in [-0.3, -0.25) is 0 Å². The van der Waals surface area contributed by atoms with E-state index < -0.39 is 0 Å². The Balaban J connectivity index is 3.15. The van der Waals surface area contributed by atoms with E-state index in [0.29, 0.717) is 6.54 Å². The van der Waals surface area contributed by atoms with Crippen LogP contribution in [0.3, 0.4) is 0 Å². The molecule has 0 unspecified atom stereocenters. The monoisotopic (exact) mass is 240 g/mol. The van der Waals surface area contributed by atoms with Crippen molar-refractivity contribution in [3.8, 4) is 0 Å². The van der Waals surface area contributed by atoms with E-state index in [-0.39, 0.29) is 12.6 Å².